The van der Waals surface area contributed by atoms with Crippen molar-refractivity contribution >= 4 is 11.9 Å². The molecule has 0 aromatic rings. The van der Waals surface area contributed by atoms with Crippen molar-refractivity contribution in [3.63, 3.8) is 0 Å². The first kappa shape index (κ1) is 15.9. The number of aliphatic carboxylic acids is 1. The van der Waals surface area contributed by atoms with Crippen molar-refractivity contribution in [1.29, 1.82) is 0 Å². The number of hydrogen-bond acceptors (Lipinski definition) is 3. The molecule has 0 fully saturated rings. The van der Waals surface area contributed by atoms with Gasteiger partial charge in [-0.2, -0.15) is 0 Å². The zero-order chi connectivity index (χ0) is 13.5. The molecule has 0 bridgehead atoms. The molecule has 1 unspecified atom stereocenters. The molecule has 0 heterocycles. The molecule has 100 valence electrons. The molecule has 0 saturated heterocycles. The van der Waals surface area contributed by atoms with E-state index in [1.165, 1.54) is 0 Å². The van der Waals surface area contributed by atoms with E-state index in [1.54, 1.807) is 0 Å². The van der Waals surface area contributed by atoms with Gasteiger partial charge in [-0.1, -0.05) is 27.7 Å². The Bertz CT molecular complexity index is 259. The van der Waals surface area contributed by atoms with E-state index in [9.17, 15) is 9.59 Å². The number of nitrogens with one attached hydrogen (secondary N) is 2. The maximum absolute atomic E-state index is 11.3. The van der Waals surface area contributed by atoms with Gasteiger partial charge in [-0.3, -0.25) is 9.59 Å². The third-order valence-electron chi connectivity index (χ3n) is 2.29. The third kappa shape index (κ3) is 8.68. The summed E-state index contributed by atoms with van der Waals surface area (Å²) in [6.45, 7) is 9.02. The van der Waals surface area contributed by atoms with Gasteiger partial charge in [-0.15, -0.1) is 0 Å². The molecule has 0 aliphatic rings. The summed E-state index contributed by atoms with van der Waals surface area (Å²) in [7, 11) is 0. The number of amides is 1. The minimum absolute atomic E-state index is 0.0601. The lowest BCUT2D eigenvalue weighted by molar-refractivity contribution is -0.142. The number of likely N-dealkylation sites (N-methyl/N-ethyl adjacent to an activating group) is 1. The first-order valence-corrected chi connectivity index (χ1v) is 5.96. The Labute approximate surface area is 103 Å². The van der Waals surface area contributed by atoms with Crippen molar-refractivity contribution in [2.45, 2.75) is 34.1 Å². The molecule has 0 aliphatic carbocycles. The summed E-state index contributed by atoms with van der Waals surface area (Å²) in [5.74, 6) is -1.55. The topological polar surface area (TPSA) is 78.4 Å². The van der Waals surface area contributed by atoms with Crippen LogP contribution in [0, 0.1) is 11.3 Å². The summed E-state index contributed by atoms with van der Waals surface area (Å²) in [5, 5.41) is 14.6. The lowest BCUT2D eigenvalue weighted by Gasteiger charge is -2.23. The fourth-order valence-electron chi connectivity index (χ4n) is 1.52. The fraction of sp³-hybridized carbons (Fsp3) is 0.833. The van der Waals surface area contributed by atoms with E-state index in [0.29, 0.717) is 6.42 Å². The number of hydrogen-bond donors (Lipinski definition) is 3. The van der Waals surface area contributed by atoms with Crippen LogP contribution in [0.2, 0.25) is 0 Å². The molecule has 17 heavy (non-hydrogen) atoms. The average Bonchev–Trinajstić information content (AvgIpc) is 2.19. The van der Waals surface area contributed by atoms with Crippen LogP contribution in [0.15, 0.2) is 0 Å². The summed E-state index contributed by atoms with van der Waals surface area (Å²) in [6.07, 6.45) is 0.545. The lowest BCUT2D eigenvalue weighted by Crippen LogP contribution is -2.39. The van der Waals surface area contributed by atoms with Crippen molar-refractivity contribution in [3.05, 3.63) is 0 Å². The molecule has 0 aliphatic heterocycles. The third-order valence-corrected chi connectivity index (χ3v) is 2.29. The number of carbonyl (C=O) groups is 2. The van der Waals surface area contributed by atoms with Gasteiger partial charge in [0.2, 0.25) is 5.91 Å². The number of rotatable bonds is 7. The molecule has 0 rings (SSSR count). The van der Waals surface area contributed by atoms with Crippen LogP contribution in [-0.4, -0.2) is 36.6 Å². The molecular formula is C12H24N2O3. The maximum Gasteiger partial charge on any atom is 0.308 e. The van der Waals surface area contributed by atoms with Gasteiger partial charge in [0.05, 0.1) is 12.5 Å². The molecule has 0 radical (unpaired) electrons. The van der Waals surface area contributed by atoms with E-state index in [2.05, 4.69) is 10.6 Å². The van der Waals surface area contributed by atoms with Crippen molar-refractivity contribution in [2.75, 3.05) is 19.6 Å². The lowest BCUT2D eigenvalue weighted by atomic mass is 9.84. The van der Waals surface area contributed by atoms with Crippen molar-refractivity contribution < 1.29 is 14.7 Å². The monoisotopic (exact) mass is 244 g/mol. The molecule has 5 heteroatoms. The van der Waals surface area contributed by atoms with E-state index in [0.717, 1.165) is 6.54 Å². The van der Waals surface area contributed by atoms with Crippen LogP contribution in [0.1, 0.15) is 34.1 Å². The molecule has 1 atom stereocenters. The largest absolute Gasteiger partial charge is 0.481 e. The van der Waals surface area contributed by atoms with Crippen LogP contribution in [0.25, 0.3) is 0 Å². The number of carboxylic acids is 1. The Morgan fingerprint density at radius 1 is 1.29 bits per heavy atom. The Hall–Kier alpha value is -1.10. The first-order valence-electron chi connectivity index (χ1n) is 5.96. The molecule has 5 nitrogen and oxygen atoms in total. The summed E-state index contributed by atoms with van der Waals surface area (Å²) in [4.78, 5) is 22.4. The normalized spacial score (nSPS) is 13.2. The number of carbonyl (C=O) groups excluding carboxylic acids is 1. The smallest absolute Gasteiger partial charge is 0.308 e. The van der Waals surface area contributed by atoms with Crippen molar-refractivity contribution in [1.82, 2.24) is 10.6 Å². The Balaban J connectivity index is 4.10. The van der Waals surface area contributed by atoms with Gasteiger partial charge in [0, 0.05) is 6.54 Å². The van der Waals surface area contributed by atoms with E-state index in [4.69, 9.17) is 5.11 Å². The maximum atomic E-state index is 11.3. The molecule has 1 amide bonds. The predicted molar refractivity (Wildman–Crippen MR) is 66.8 cm³/mol. The SMILES string of the molecule is CCNCC(=O)NCC(CC(C)(C)C)C(=O)O. The first-order chi connectivity index (χ1) is 7.76. The summed E-state index contributed by atoms with van der Waals surface area (Å²) in [5.41, 5.74) is -0.0601. The zero-order valence-corrected chi connectivity index (χ0v) is 11.2. The van der Waals surface area contributed by atoms with Gasteiger partial charge in [0.25, 0.3) is 0 Å². The highest BCUT2D eigenvalue weighted by molar-refractivity contribution is 5.79. The van der Waals surface area contributed by atoms with Crippen LogP contribution >= 0.6 is 0 Å². The van der Waals surface area contributed by atoms with E-state index in [1.807, 2.05) is 27.7 Å². The van der Waals surface area contributed by atoms with Crippen LogP contribution in [0.5, 0.6) is 0 Å². The highest BCUT2D eigenvalue weighted by atomic mass is 16.4. The summed E-state index contributed by atoms with van der Waals surface area (Å²) in [6, 6.07) is 0. The molecule has 3 N–H and O–H groups in total. The minimum Gasteiger partial charge on any atom is -0.481 e. The molecular weight excluding hydrogens is 220 g/mol. The van der Waals surface area contributed by atoms with Crippen LogP contribution in [0.4, 0.5) is 0 Å². The quantitative estimate of drug-likeness (QED) is 0.620. The molecule has 0 aromatic carbocycles. The highest BCUT2D eigenvalue weighted by Gasteiger charge is 2.24. The van der Waals surface area contributed by atoms with Crippen molar-refractivity contribution in [3.8, 4) is 0 Å². The zero-order valence-electron chi connectivity index (χ0n) is 11.2. The molecule has 0 spiro atoms. The van der Waals surface area contributed by atoms with Gasteiger partial charge in [-0.05, 0) is 18.4 Å². The van der Waals surface area contributed by atoms with Crippen LogP contribution < -0.4 is 10.6 Å². The summed E-state index contributed by atoms with van der Waals surface area (Å²) < 4.78 is 0. The second-order valence-electron chi connectivity index (χ2n) is 5.38. The van der Waals surface area contributed by atoms with Gasteiger partial charge in [0.1, 0.15) is 0 Å². The van der Waals surface area contributed by atoms with Gasteiger partial charge >= 0.3 is 5.97 Å². The van der Waals surface area contributed by atoms with Crippen LogP contribution in [0.3, 0.4) is 0 Å². The Morgan fingerprint density at radius 3 is 2.29 bits per heavy atom. The van der Waals surface area contributed by atoms with Crippen molar-refractivity contribution in [2.24, 2.45) is 11.3 Å². The van der Waals surface area contributed by atoms with E-state index < -0.39 is 11.9 Å². The second kappa shape index (κ2) is 7.27. The standard InChI is InChI=1S/C12H24N2O3/c1-5-13-8-10(15)14-7-9(11(16)17)6-12(2,3)4/h9,13H,5-8H2,1-4H3,(H,14,15)(H,16,17). The highest BCUT2D eigenvalue weighted by Crippen LogP contribution is 2.24. The Morgan fingerprint density at radius 2 is 1.88 bits per heavy atom. The predicted octanol–water partition coefficient (Wildman–Crippen LogP) is 0.849. The van der Waals surface area contributed by atoms with E-state index >= 15 is 0 Å². The van der Waals surface area contributed by atoms with Gasteiger partial charge < -0.3 is 15.7 Å². The molecule has 0 aromatic heterocycles. The molecule has 0 saturated carbocycles. The number of carboxylic acid groups (broad SMARTS) is 1. The second-order valence-corrected chi connectivity index (χ2v) is 5.38. The van der Waals surface area contributed by atoms with Crippen LogP contribution in [-0.2, 0) is 9.59 Å². The van der Waals surface area contributed by atoms with Gasteiger partial charge in [0.15, 0.2) is 0 Å². The average molecular weight is 244 g/mol. The minimum atomic E-state index is -0.858. The fourth-order valence-corrected chi connectivity index (χ4v) is 1.52. The Kier molecular flexibility index (Phi) is 6.80. The summed E-state index contributed by atoms with van der Waals surface area (Å²) >= 11 is 0. The van der Waals surface area contributed by atoms with E-state index in [-0.39, 0.29) is 24.4 Å². The van der Waals surface area contributed by atoms with Gasteiger partial charge in [-0.25, -0.2) is 0 Å².